The molecule has 0 aliphatic heterocycles. The van der Waals surface area contributed by atoms with Gasteiger partial charge in [0.2, 0.25) is 0 Å². The summed E-state index contributed by atoms with van der Waals surface area (Å²) in [5.74, 6) is 0. The van der Waals surface area contributed by atoms with Crippen molar-refractivity contribution in [2.24, 2.45) is 0 Å². The van der Waals surface area contributed by atoms with Gasteiger partial charge in [0, 0.05) is 18.7 Å². The fraction of sp³-hybridized carbons (Fsp3) is 1.00. The molecular formula is C12H23NO2. The summed E-state index contributed by atoms with van der Waals surface area (Å²) in [5, 5.41) is 13.0. The molecule has 3 heteroatoms. The third-order valence-corrected chi connectivity index (χ3v) is 4.08. The smallest absolute Gasteiger partial charge is 0.0613 e. The van der Waals surface area contributed by atoms with Crippen LogP contribution in [0.3, 0.4) is 0 Å². The quantitative estimate of drug-likeness (QED) is 0.742. The number of ether oxygens (including phenoxy) is 1. The maximum Gasteiger partial charge on any atom is 0.0613 e. The van der Waals surface area contributed by atoms with Crippen LogP contribution in [-0.2, 0) is 4.74 Å². The van der Waals surface area contributed by atoms with Gasteiger partial charge in [0.1, 0.15) is 0 Å². The lowest BCUT2D eigenvalue weighted by Gasteiger charge is -2.45. The van der Waals surface area contributed by atoms with E-state index in [4.69, 9.17) is 4.74 Å². The van der Waals surface area contributed by atoms with Crippen LogP contribution in [0.5, 0.6) is 0 Å². The topological polar surface area (TPSA) is 41.5 Å². The van der Waals surface area contributed by atoms with Crippen LogP contribution < -0.4 is 5.32 Å². The van der Waals surface area contributed by atoms with Gasteiger partial charge in [-0.15, -0.1) is 0 Å². The molecule has 2 aliphatic carbocycles. The number of aliphatic hydroxyl groups is 1. The molecule has 0 aromatic carbocycles. The van der Waals surface area contributed by atoms with Crippen LogP contribution in [0, 0.1) is 0 Å². The van der Waals surface area contributed by atoms with E-state index >= 15 is 0 Å². The van der Waals surface area contributed by atoms with Crippen molar-refractivity contribution in [3.63, 3.8) is 0 Å². The van der Waals surface area contributed by atoms with Crippen molar-refractivity contribution in [3.8, 4) is 0 Å². The molecular weight excluding hydrogens is 190 g/mol. The van der Waals surface area contributed by atoms with Gasteiger partial charge in [0.15, 0.2) is 0 Å². The molecule has 0 spiro atoms. The third-order valence-electron chi connectivity index (χ3n) is 4.08. The van der Waals surface area contributed by atoms with Crippen molar-refractivity contribution in [2.45, 2.75) is 62.6 Å². The normalized spacial score (nSPS) is 34.8. The average Bonchev–Trinajstić information content (AvgIpc) is 2.24. The summed E-state index contributed by atoms with van der Waals surface area (Å²) in [6.07, 6.45) is 8.74. The van der Waals surface area contributed by atoms with E-state index in [1.807, 2.05) is 0 Å². The molecule has 88 valence electrons. The van der Waals surface area contributed by atoms with Gasteiger partial charge in [0.05, 0.1) is 12.7 Å². The molecule has 0 heterocycles. The summed E-state index contributed by atoms with van der Waals surface area (Å²) in [7, 11) is 1.80. The summed E-state index contributed by atoms with van der Waals surface area (Å²) in [6, 6.07) is 0.552. The molecule has 0 aromatic rings. The van der Waals surface area contributed by atoms with Gasteiger partial charge in [-0.2, -0.15) is 0 Å². The number of aliphatic hydroxyl groups excluding tert-OH is 1. The Morgan fingerprint density at radius 2 is 2.13 bits per heavy atom. The van der Waals surface area contributed by atoms with E-state index in [1.165, 1.54) is 25.7 Å². The lowest BCUT2D eigenvalue weighted by molar-refractivity contribution is 0.0289. The first-order valence-electron chi connectivity index (χ1n) is 6.19. The Morgan fingerprint density at radius 3 is 2.67 bits per heavy atom. The molecule has 0 radical (unpaired) electrons. The van der Waals surface area contributed by atoms with Crippen molar-refractivity contribution in [2.75, 3.05) is 13.7 Å². The monoisotopic (exact) mass is 213 g/mol. The number of hydrogen-bond donors (Lipinski definition) is 2. The maximum atomic E-state index is 9.40. The Hall–Kier alpha value is -0.120. The highest BCUT2D eigenvalue weighted by molar-refractivity contribution is 4.98. The van der Waals surface area contributed by atoms with Crippen molar-refractivity contribution < 1.29 is 9.84 Å². The maximum absolute atomic E-state index is 9.40. The van der Waals surface area contributed by atoms with Crippen LogP contribution in [-0.4, -0.2) is 36.5 Å². The summed E-state index contributed by atoms with van der Waals surface area (Å²) < 4.78 is 5.42. The van der Waals surface area contributed by atoms with Crippen LogP contribution >= 0.6 is 0 Å². The summed E-state index contributed by atoms with van der Waals surface area (Å²) in [6.45, 7) is 0.293. The Kier molecular flexibility index (Phi) is 3.65. The Bertz CT molecular complexity index is 198. The molecule has 2 fully saturated rings. The Balaban J connectivity index is 1.82. The van der Waals surface area contributed by atoms with Crippen LogP contribution in [0.2, 0.25) is 0 Å². The van der Waals surface area contributed by atoms with Crippen LogP contribution in [0.25, 0.3) is 0 Å². The van der Waals surface area contributed by atoms with Crippen molar-refractivity contribution >= 4 is 0 Å². The van der Waals surface area contributed by atoms with E-state index in [-0.39, 0.29) is 5.54 Å². The molecule has 2 atom stereocenters. The highest BCUT2D eigenvalue weighted by Crippen LogP contribution is 2.33. The summed E-state index contributed by atoms with van der Waals surface area (Å²) in [4.78, 5) is 0. The second-order valence-electron chi connectivity index (χ2n) is 5.16. The van der Waals surface area contributed by atoms with E-state index < -0.39 is 0 Å². The fourth-order valence-corrected chi connectivity index (χ4v) is 2.87. The van der Waals surface area contributed by atoms with Crippen LogP contribution in [0.15, 0.2) is 0 Å². The minimum absolute atomic E-state index is 0.0559. The van der Waals surface area contributed by atoms with Gasteiger partial charge < -0.3 is 15.2 Å². The zero-order valence-electron chi connectivity index (χ0n) is 9.67. The predicted molar refractivity (Wildman–Crippen MR) is 59.9 cm³/mol. The molecule has 3 nitrogen and oxygen atoms in total. The largest absolute Gasteiger partial charge is 0.394 e. The van der Waals surface area contributed by atoms with E-state index in [0.717, 1.165) is 19.3 Å². The summed E-state index contributed by atoms with van der Waals surface area (Å²) in [5.41, 5.74) is 0.0559. The molecule has 2 unspecified atom stereocenters. The van der Waals surface area contributed by atoms with Gasteiger partial charge in [-0.1, -0.05) is 0 Å². The van der Waals surface area contributed by atoms with Crippen LogP contribution in [0.1, 0.15) is 44.9 Å². The lowest BCUT2D eigenvalue weighted by Crippen LogP contribution is -2.58. The third kappa shape index (κ3) is 2.52. The Morgan fingerprint density at radius 1 is 1.33 bits per heavy atom. The highest BCUT2D eigenvalue weighted by atomic mass is 16.5. The molecule has 0 saturated heterocycles. The molecule has 2 rings (SSSR count). The fourth-order valence-electron chi connectivity index (χ4n) is 2.87. The van der Waals surface area contributed by atoms with Gasteiger partial charge in [-0.25, -0.2) is 0 Å². The number of hydrogen-bond acceptors (Lipinski definition) is 3. The van der Waals surface area contributed by atoms with Crippen LogP contribution in [0.4, 0.5) is 0 Å². The standard InChI is InChI=1S/C12H23NO2/c1-15-11-5-2-4-10(8-11)13-12(9-14)6-3-7-12/h10-11,13-14H,2-9H2,1H3. The minimum atomic E-state index is 0.0559. The first-order chi connectivity index (χ1) is 7.28. The lowest BCUT2D eigenvalue weighted by atomic mass is 9.76. The van der Waals surface area contributed by atoms with Gasteiger partial charge in [-0.3, -0.25) is 0 Å². The SMILES string of the molecule is COC1CCCC(NC2(CO)CCC2)C1. The van der Waals surface area contributed by atoms with Crippen molar-refractivity contribution in [1.29, 1.82) is 0 Å². The zero-order chi connectivity index (χ0) is 10.7. The van der Waals surface area contributed by atoms with E-state index in [2.05, 4.69) is 5.32 Å². The van der Waals surface area contributed by atoms with E-state index in [9.17, 15) is 5.11 Å². The van der Waals surface area contributed by atoms with E-state index in [0.29, 0.717) is 18.8 Å². The molecule has 2 N–H and O–H groups in total. The summed E-state index contributed by atoms with van der Waals surface area (Å²) >= 11 is 0. The Labute approximate surface area is 92.2 Å². The zero-order valence-corrected chi connectivity index (χ0v) is 9.67. The number of methoxy groups -OCH3 is 1. The first kappa shape index (κ1) is 11.4. The van der Waals surface area contributed by atoms with Gasteiger partial charge in [-0.05, 0) is 44.9 Å². The molecule has 2 saturated carbocycles. The van der Waals surface area contributed by atoms with Gasteiger partial charge in [0.25, 0.3) is 0 Å². The minimum Gasteiger partial charge on any atom is -0.394 e. The molecule has 2 aliphatic rings. The predicted octanol–water partition coefficient (Wildman–Crippen LogP) is 1.45. The second-order valence-corrected chi connectivity index (χ2v) is 5.16. The number of rotatable bonds is 4. The van der Waals surface area contributed by atoms with E-state index in [1.54, 1.807) is 7.11 Å². The molecule has 0 amide bonds. The molecule has 0 aromatic heterocycles. The molecule has 15 heavy (non-hydrogen) atoms. The highest BCUT2D eigenvalue weighted by Gasteiger charge is 2.38. The first-order valence-corrected chi connectivity index (χ1v) is 6.19. The molecule has 0 bridgehead atoms. The van der Waals surface area contributed by atoms with Crippen molar-refractivity contribution in [1.82, 2.24) is 5.32 Å². The van der Waals surface area contributed by atoms with Gasteiger partial charge >= 0.3 is 0 Å². The average molecular weight is 213 g/mol. The van der Waals surface area contributed by atoms with Crippen molar-refractivity contribution in [3.05, 3.63) is 0 Å². The second kappa shape index (κ2) is 4.81. The number of nitrogens with one attached hydrogen (secondary N) is 1.